The van der Waals surface area contributed by atoms with Gasteiger partial charge in [0.2, 0.25) is 5.82 Å². The van der Waals surface area contributed by atoms with Gasteiger partial charge in [0.05, 0.1) is 11.5 Å². The maximum absolute atomic E-state index is 11.2. The van der Waals surface area contributed by atoms with Crippen LogP contribution >= 0.6 is 0 Å². The molecule has 2 aromatic rings. The lowest BCUT2D eigenvalue weighted by Gasteiger charge is -2.03. The topological polar surface area (TPSA) is 127 Å². The number of tetrazole rings is 1. The van der Waals surface area contributed by atoms with E-state index in [2.05, 4.69) is 31.0 Å². The van der Waals surface area contributed by atoms with Crippen molar-refractivity contribution >= 4 is 11.5 Å². The lowest BCUT2D eigenvalue weighted by atomic mass is 10.1. The Kier molecular flexibility index (Phi) is 3.40. The molecule has 2 N–H and O–H groups in total. The predicted octanol–water partition coefficient (Wildman–Crippen LogP) is 0.577. The number of nitrogens with one attached hydrogen (secondary N) is 2. The highest BCUT2D eigenvalue weighted by atomic mass is 16.6. The number of hydrogen-bond donors (Lipinski definition) is 2. The molecule has 2 rings (SSSR count). The molecular weight excluding hydrogens is 252 g/mol. The lowest BCUT2D eigenvalue weighted by molar-refractivity contribution is -0.384. The number of nitrogens with zero attached hydrogens (tertiary/aromatic N) is 6. The number of aryl methyl sites for hydroxylation is 1. The molecule has 2 aromatic heterocycles. The van der Waals surface area contributed by atoms with Gasteiger partial charge in [-0.05, 0) is 0 Å². The molecule has 0 saturated heterocycles. The van der Waals surface area contributed by atoms with Gasteiger partial charge in [-0.1, -0.05) is 19.1 Å². The highest BCUT2D eigenvalue weighted by molar-refractivity contribution is 5.60. The largest absolute Gasteiger partial charge is 0.357 e. The van der Waals surface area contributed by atoms with Gasteiger partial charge in [-0.15, -0.1) is 10.2 Å². The van der Waals surface area contributed by atoms with Crippen LogP contribution in [-0.2, 0) is 13.6 Å². The third-order valence-electron chi connectivity index (χ3n) is 2.58. The third-order valence-corrected chi connectivity index (χ3v) is 2.58. The summed E-state index contributed by atoms with van der Waals surface area (Å²) in [6.45, 7) is 3.95. The zero-order valence-electron chi connectivity index (χ0n) is 10.8. The summed E-state index contributed by atoms with van der Waals surface area (Å²) in [4.78, 5) is 10.8. The third kappa shape index (κ3) is 2.51. The SMILES string of the molecule is CC(C)c1nn(C)c(NCc2nn[nH]n2)c1[N+](=O)[O-]. The van der Waals surface area contributed by atoms with Crippen LogP contribution in [0.15, 0.2) is 0 Å². The normalized spacial score (nSPS) is 10.9. The molecular formula is C9H14N8O2. The summed E-state index contributed by atoms with van der Waals surface area (Å²) in [6, 6.07) is 0. The van der Waals surface area contributed by atoms with Gasteiger partial charge in [0.25, 0.3) is 0 Å². The van der Waals surface area contributed by atoms with Crippen LogP contribution in [0.25, 0.3) is 0 Å². The number of aromatic nitrogens is 6. The van der Waals surface area contributed by atoms with Crippen LogP contribution in [0.2, 0.25) is 0 Å². The van der Waals surface area contributed by atoms with Gasteiger partial charge in [0, 0.05) is 13.0 Å². The maximum atomic E-state index is 11.2. The zero-order chi connectivity index (χ0) is 14.0. The summed E-state index contributed by atoms with van der Waals surface area (Å²) >= 11 is 0. The van der Waals surface area contributed by atoms with Crippen LogP contribution in [0, 0.1) is 10.1 Å². The maximum Gasteiger partial charge on any atom is 0.334 e. The fraction of sp³-hybridized carbons (Fsp3) is 0.556. The molecule has 0 spiro atoms. The number of aromatic amines is 1. The average Bonchev–Trinajstić information content (AvgIpc) is 2.93. The fourth-order valence-electron chi connectivity index (χ4n) is 1.72. The summed E-state index contributed by atoms with van der Waals surface area (Å²) in [5, 5.41) is 31.5. The summed E-state index contributed by atoms with van der Waals surface area (Å²) in [5.74, 6) is 0.715. The monoisotopic (exact) mass is 266 g/mol. The molecule has 0 aliphatic rings. The van der Waals surface area contributed by atoms with E-state index in [-0.39, 0.29) is 18.2 Å². The first-order valence-electron chi connectivity index (χ1n) is 5.68. The van der Waals surface area contributed by atoms with E-state index in [1.807, 2.05) is 13.8 Å². The van der Waals surface area contributed by atoms with Gasteiger partial charge in [-0.2, -0.15) is 10.3 Å². The molecule has 10 nitrogen and oxygen atoms in total. The predicted molar refractivity (Wildman–Crippen MR) is 65.5 cm³/mol. The van der Waals surface area contributed by atoms with E-state index in [9.17, 15) is 10.1 Å². The minimum atomic E-state index is -0.430. The van der Waals surface area contributed by atoms with Gasteiger partial charge in [-0.25, -0.2) is 4.68 Å². The minimum absolute atomic E-state index is 0.0130. The molecule has 2 heterocycles. The van der Waals surface area contributed by atoms with Crippen LogP contribution in [-0.4, -0.2) is 35.3 Å². The van der Waals surface area contributed by atoms with Crippen LogP contribution in [0.4, 0.5) is 11.5 Å². The summed E-state index contributed by atoms with van der Waals surface area (Å²) < 4.78 is 1.45. The molecule has 0 amide bonds. The van der Waals surface area contributed by atoms with Gasteiger partial charge in [-0.3, -0.25) is 10.1 Å². The Hall–Kier alpha value is -2.52. The molecule has 0 radical (unpaired) electrons. The van der Waals surface area contributed by atoms with Crippen molar-refractivity contribution in [2.75, 3.05) is 5.32 Å². The number of hydrogen-bond acceptors (Lipinski definition) is 7. The van der Waals surface area contributed by atoms with Crippen molar-refractivity contribution in [1.29, 1.82) is 0 Å². The van der Waals surface area contributed by atoms with E-state index in [4.69, 9.17) is 0 Å². The molecule has 0 unspecified atom stereocenters. The van der Waals surface area contributed by atoms with Crippen molar-refractivity contribution in [1.82, 2.24) is 30.4 Å². The molecule has 0 atom stereocenters. The smallest absolute Gasteiger partial charge is 0.334 e. The number of rotatable bonds is 5. The Morgan fingerprint density at radius 2 is 2.26 bits per heavy atom. The van der Waals surface area contributed by atoms with Crippen molar-refractivity contribution in [3.8, 4) is 0 Å². The zero-order valence-corrected chi connectivity index (χ0v) is 10.8. The van der Waals surface area contributed by atoms with Crippen molar-refractivity contribution in [3.05, 3.63) is 21.6 Å². The second kappa shape index (κ2) is 5.00. The Morgan fingerprint density at radius 1 is 1.53 bits per heavy atom. The van der Waals surface area contributed by atoms with Crippen LogP contribution in [0.1, 0.15) is 31.3 Å². The van der Waals surface area contributed by atoms with E-state index >= 15 is 0 Å². The first-order chi connectivity index (χ1) is 9.00. The molecule has 102 valence electrons. The fourth-order valence-corrected chi connectivity index (χ4v) is 1.72. The second-order valence-corrected chi connectivity index (χ2v) is 4.30. The minimum Gasteiger partial charge on any atom is -0.357 e. The molecule has 0 bridgehead atoms. The van der Waals surface area contributed by atoms with Crippen molar-refractivity contribution in [2.24, 2.45) is 7.05 Å². The van der Waals surface area contributed by atoms with E-state index in [0.717, 1.165) is 0 Å². The van der Waals surface area contributed by atoms with Crippen molar-refractivity contribution in [3.63, 3.8) is 0 Å². The number of nitro groups is 1. The van der Waals surface area contributed by atoms with Crippen molar-refractivity contribution < 1.29 is 4.92 Å². The Morgan fingerprint density at radius 3 is 2.79 bits per heavy atom. The lowest BCUT2D eigenvalue weighted by Crippen LogP contribution is -2.07. The van der Waals surface area contributed by atoms with Gasteiger partial charge >= 0.3 is 5.69 Å². The quantitative estimate of drug-likeness (QED) is 0.598. The van der Waals surface area contributed by atoms with E-state index in [0.29, 0.717) is 17.3 Å². The summed E-state index contributed by atoms with van der Waals surface area (Å²) in [6.07, 6.45) is 0. The Labute approximate surface area is 108 Å². The summed E-state index contributed by atoms with van der Waals surface area (Å²) in [7, 11) is 1.65. The molecule has 0 aliphatic carbocycles. The molecule has 0 aliphatic heterocycles. The first-order valence-corrected chi connectivity index (χ1v) is 5.68. The summed E-state index contributed by atoms with van der Waals surface area (Å²) in [5.41, 5.74) is 0.434. The highest BCUT2D eigenvalue weighted by Gasteiger charge is 2.28. The van der Waals surface area contributed by atoms with Crippen LogP contribution < -0.4 is 5.32 Å². The molecule has 0 fully saturated rings. The standard InChI is InChI=1S/C9H14N8O2/c1-5(2)7-8(17(18)19)9(16(3)13-7)10-4-6-11-14-15-12-6/h5,10H,4H2,1-3H3,(H,11,12,14,15). The molecule has 19 heavy (non-hydrogen) atoms. The van der Waals surface area contributed by atoms with Crippen LogP contribution in [0.5, 0.6) is 0 Å². The van der Waals surface area contributed by atoms with E-state index in [1.54, 1.807) is 7.05 Å². The first kappa shape index (κ1) is 12.9. The average molecular weight is 266 g/mol. The molecule has 0 aromatic carbocycles. The van der Waals surface area contributed by atoms with E-state index < -0.39 is 4.92 Å². The van der Waals surface area contributed by atoms with Gasteiger partial charge in [0.1, 0.15) is 5.69 Å². The van der Waals surface area contributed by atoms with Crippen LogP contribution in [0.3, 0.4) is 0 Å². The number of anilines is 1. The second-order valence-electron chi connectivity index (χ2n) is 4.30. The van der Waals surface area contributed by atoms with E-state index in [1.165, 1.54) is 4.68 Å². The van der Waals surface area contributed by atoms with Gasteiger partial charge < -0.3 is 5.32 Å². The van der Waals surface area contributed by atoms with Crippen molar-refractivity contribution in [2.45, 2.75) is 26.3 Å². The Balaban J connectivity index is 2.30. The highest BCUT2D eigenvalue weighted by Crippen LogP contribution is 2.32. The number of H-pyrrole nitrogens is 1. The Bertz CT molecular complexity index is 573. The van der Waals surface area contributed by atoms with Gasteiger partial charge in [0.15, 0.2) is 5.82 Å². The molecule has 0 saturated carbocycles. The molecule has 10 heteroatoms.